The van der Waals surface area contributed by atoms with Crippen LogP contribution < -0.4 is 0 Å². The molecule has 0 radical (unpaired) electrons. The van der Waals surface area contributed by atoms with Crippen molar-refractivity contribution < 1.29 is 34.4 Å². The van der Waals surface area contributed by atoms with Crippen molar-refractivity contribution in [2.24, 2.45) is 0 Å². The number of aliphatic hydroxyl groups is 1. The maximum absolute atomic E-state index is 10.7. The second kappa shape index (κ2) is 12.4. The molecule has 0 amide bonds. The van der Waals surface area contributed by atoms with Crippen molar-refractivity contribution >= 4 is 17.9 Å². The fourth-order valence-electron chi connectivity index (χ4n) is 0.387. The molecule has 0 saturated carbocycles. The largest absolute Gasteiger partial charge is 0.481 e. The molecule has 0 aliphatic heterocycles. The molecule has 0 rings (SSSR count). The van der Waals surface area contributed by atoms with E-state index in [1.807, 2.05) is 0 Å². The normalized spacial score (nSPS) is 10.9. The van der Waals surface area contributed by atoms with Crippen LogP contribution in [0.5, 0.6) is 0 Å². The van der Waals surface area contributed by atoms with Crippen LogP contribution in [-0.2, 0) is 19.1 Å². The van der Waals surface area contributed by atoms with Crippen LogP contribution in [0.4, 0.5) is 0 Å². The molecule has 7 nitrogen and oxygen atoms in total. The molecule has 0 spiro atoms. The average Bonchev–Trinajstić information content (AvgIpc) is 2.28. The van der Waals surface area contributed by atoms with E-state index in [1.165, 1.54) is 6.92 Å². The maximum atomic E-state index is 10.7. The molecule has 0 aromatic carbocycles. The molecule has 1 atom stereocenters. The van der Waals surface area contributed by atoms with Crippen molar-refractivity contribution in [1.82, 2.24) is 0 Å². The molecule has 0 saturated heterocycles. The Morgan fingerprint density at radius 3 is 1.30 bits per heavy atom. The standard InChI is InChI=1S/C7H14O3.2C3H6O2/c1-5(8)6(9)10-7(2,3)4;2*1-2-3(4)5/h5,8H,1-4H3;2*2H2,1H3,(H,4,5). The lowest BCUT2D eigenvalue weighted by molar-refractivity contribution is -0.164. The van der Waals surface area contributed by atoms with Crippen LogP contribution in [0.1, 0.15) is 54.4 Å². The molecule has 1 unspecified atom stereocenters. The van der Waals surface area contributed by atoms with Crippen molar-refractivity contribution in [2.45, 2.75) is 66.1 Å². The molecular weight excluding hydrogens is 268 g/mol. The van der Waals surface area contributed by atoms with Gasteiger partial charge in [-0.15, -0.1) is 0 Å². The van der Waals surface area contributed by atoms with E-state index in [-0.39, 0.29) is 12.8 Å². The summed E-state index contributed by atoms with van der Waals surface area (Å²) in [6, 6.07) is 0. The van der Waals surface area contributed by atoms with Gasteiger partial charge in [-0.2, -0.15) is 0 Å². The monoisotopic (exact) mass is 294 g/mol. The first-order chi connectivity index (χ1) is 8.87. The van der Waals surface area contributed by atoms with Gasteiger partial charge in [0.2, 0.25) is 0 Å². The van der Waals surface area contributed by atoms with Gasteiger partial charge in [-0.05, 0) is 27.7 Å². The van der Waals surface area contributed by atoms with Gasteiger partial charge in [0.05, 0.1) is 0 Å². The Morgan fingerprint density at radius 1 is 1.00 bits per heavy atom. The third-order valence-corrected chi connectivity index (χ3v) is 1.35. The summed E-state index contributed by atoms with van der Waals surface area (Å²) in [7, 11) is 0. The van der Waals surface area contributed by atoms with Crippen LogP contribution in [0, 0.1) is 0 Å². The van der Waals surface area contributed by atoms with E-state index in [1.54, 1.807) is 34.6 Å². The number of hydrogen-bond donors (Lipinski definition) is 3. The minimum atomic E-state index is -1.03. The van der Waals surface area contributed by atoms with Crippen LogP contribution in [0.3, 0.4) is 0 Å². The summed E-state index contributed by atoms with van der Waals surface area (Å²) in [5, 5.41) is 24.2. The molecule has 3 N–H and O–H groups in total. The average molecular weight is 294 g/mol. The highest BCUT2D eigenvalue weighted by molar-refractivity contribution is 5.74. The van der Waals surface area contributed by atoms with Crippen molar-refractivity contribution in [2.75, 3.05) is 0 Å². The van der Waals surface area contributed by atoms with Gasteiger partial charge in [-0.3, -0.25) is 9.59 Å². The van der Waals surface area contributed by atoms with Gasteiger partial charge in [-0.1, -0.05) is 13.8 Å². The molecule has 0 aromatic rings. The Labute approximate surface area is 119 Å². The highest BCUT2D eigenvalue weighted by atomic mass is 16.6. The quantitative estimate of drug-likeness (QED) is 0.677. The Balaban J connectivity index is -0.000000244. The molecule has 0 bridgehead atoms. The maximum Gasteiger partial charge on any atom is 0.335 e. The fourth-order valence-corrected chi connectivity index (χ4v) is 0.387. The number of carbonyl (C=O) groups is 3. The number of hydrogen-bond acceptors (Lipinski definition) is 5. The molecule has 0 aliphatic rings. The molecule has 0 aromatic heterocycles. The van der Waals surface area contributed by atoms with E-state index < -0.39 is 29.6 Å². The lowest BCUT2D eigenvalue weighted by Gasteiger charge is -2.20. The Morgan fingerprint density at radius 2 is 1.25 bits per heavy atom. The van der Waals surface area contributed by atoms with E-state index in [2.05, 4.69) is 0 Å². The fraction of sp³-hybridized carbons (Fsp3) is 0.769. The van der Waals surface area contributed by atoms with Crippen molar-refractivity contribution in [3.8, 4) is 0 Å². The first-order valence-electron chi connectivity index (χ1n) is 6.21. The molecule has 0 heterocycles. The number of aliphatic hydroxyl groups excluding tert-OH is 1. The topological polar surface area (TPSA) is 121 Å². The predicted molar refractivity (Wildman–Crippen MR) is 73.4 cm³/mol. The van der Waals surface area contributed by atoms with E-state index in [4.69, 9.17) is 20.1 Å². The van der Waals surface area contributed by atoms with Gasteiger partial charge in [0, 0.05) is 12.8 Å². The predicted octanol–water partition coefficient (Wildman–Crippen LogP) is 1.67. The summed E-state index contributed by atoms with van der Waals surface area (Å²) in [5.41, 5.74) is -0.506. The van der Waals surface area contributed by atoms with Crippen LogP contribution in [0.25, 0.3) is 0 Å². The number of ether oxygens (including phenoxy) is 1. The zero-order valence-electron chi connectivity index (χ0n) is 13.0. The number of esters is 1. The number of rotatable bonds is 3. The Hall–Kier alpha value is -1.63. The second-order valence-electron chi connectivity index (χ2n) is 4.70. The van der Waals surface area contributed by atoms with E-state index >= 15 is 0 Å². The highest BCUT2D eigenvalue weighted by Crippen LogP contribution is 2.07. The van der Waals surface area contributed by atoms with E-state index in [0.717, 1.165) is 0 Å². The zero-order valence-corrected chi connectivity index (χ0v) is 13.0. The molecule has 0 aliphatic carbocycles. The Kier molecular flexibility index (Phi) is 14.6. The lowest BCUT2D eigenvalue weighted by Crippen LogP contribution is -2.29. The van der Waals surface area contributed by atoms with Gasteiger partial charge < -0.3 is 20.1 Å². The number of aliphatic carboxylic acids is 2. The first-order valence-corrected chi connectivity index (χ1v) is 6.21. The van der Waals surface area contributed by atoms with Crippen molar-refractivity contribution in [1.29, 1.82) is 0 Å². The third-order valence-electron chi connectivity index (χ3n) is 1.35. The van der Waals surface area contributed by atoms with Gasteiger partial charge in [0.15, 0.2) is 0 Å². The second-order valence-corrected chi connectivity index (χ2v) is 4.70. The molecule has 120 valence electrons. The summed E-state index contributed by atoms with van der Waals surface area (Å²) in [6.07, 6.45) is -0.584. The van der Waals surface area contributed by atoms with E-state index in [9.17, 15) is 14.4 Å². The van der Waals surface area contributed by atoms with E-state index in [0.29, 0.717) is 0 Å². The molecule has 7 heteroatoms. The third kappa shape index (κ3) is 29.9. The van der Waals surface area contributed by atoms with Gasteiger partial charge in [-0.25, -0.2) is 4.79 Å². The zero-order chi connectivity index (χ0) is 16.9. The lowest BCUT2D eigenvalue weighted by atomic mass is 10.2. The smallest absolute Gasteiger partial charge is 0.335 e. The van der Waals surface area contributed by atoms with Crippen LogP contribution in [0.2, 0.25) is 0 Å². The first kappa shape index (κ1) is 23.5. The van der Waals surface area contributed by atoms with Gasteiger partial charge in [0.25, 0.3) is 0 Å². The number of carboxylic acids is 2. The number of carbonyl (C=O) groups excluding carboxylic acids is 1. The van der Waals surface area contributed by atoms with Gasteiger partial charge in [0.1, 0.15) is 11.7 Å². The summed E-state index contributed by atoms with van der Waals surface area (Å²) in [4.78, 5) is 29.4. The van der Waals surface area contributed by atoms with Crippen molar-refractivity contribution in [3.05, 3.63) is 0 Å². The van der Waals surface area contributed by atoms with Crippen LogP contribution in [0.15, 0.2) is 0 Å². The highest BCUT2D eigenvalue weighted by Gasteiger charge is 2.19. The minimum absolute atomic E-state index is 0.222. The molecule has 20 heavy (non-hydrogen) atoms. The molecule has 0 fully saturated rings. The summed E-state index contributed by atoms with van der Waals surface area (Å²) < 4.78 is 4.81. The van der Waals surface area contributed by atoms with Crippen LogP contribution in [-0.4, -0.2) is 44.9 Å². The Bertz CT molecular complexity index is 276. The van der Waals surface area contributed by atoms with Gasteiger partial charge >= 0.3 is 17.9 Å². The number of carboxylic acid groups (broad SMARTS) is 2. The molecular formula is C13H26O7. The summed E-state index contributed by atoms with van der Waals surface area (Å²) in [6.45, 7) is 9.85. The summed E-state index contributed by atoms with van der Waals surface area (Å²) in [5.74, 6) is -2.07. The summed E-state index contributed by atoms with van der Waals surface area (Å²) >= 11 is 0. The SMILES string of the molecule is CC(O)C(=O)OC(C)(C)C.CCC(=O)O.CCC(=O)O. The van der Waals surface area contributed by atoms with Crippen LogP contribution >= 0.6 is 0 Å². The minimum Gasteiger partial charge on any atom is -0.481 e. The van der Waals surface area contributed by atoms with Crippen molar-refractivity contribution in [3.63, 3.8) is 0 Å².